The summed E-state index contributed by atoms with van der Waals surface area (Å²) in [5.41, 5.74) is 1.00. The summed E-state index contributed by atoms with van der Waals surface area (Å²) >= 11 is 0. The van der Waals surface area contributed by atoms with Crippen molar-refractivity contribution in [2.45, 2.75) is 25.9 Å². The number of para-hydroxylation sites is 2. The molecule has 0 aliphatic carbocycles. The molecule has 1 saturated heterocycles. The molecule has 2 aromatic carbocycles. The Kier molecular flexibility index (Phi) is 5.33. The topological polar surface area (TPSA) is 102 Å². The Hall–Kier alpha value is -3.52. The Morgan fingerprint density at radius 1 is 1.13 bits per heavy atom. The summed E-state index contributed by atoms with van der Waals surface area (Å²) < 4.78 is 10.6. The third-order valence-electron chi connectivity index (χ3n) is 5.03. The number of benzene rings is 2. The number of ether oxygens (including phenoxy) is 2. The molecular weight excluding hydrogens is 388 g/mol. The molecule has 0 saturated carbocycles. The number of esters is 1. The molecule has 2 aliphatic heterocycles. The van der Waals surface area contributed by atoms with Gasteiger partial charge >= 0.3 is 5.97 Å². The molecule has 1 fully saturated rings. The van der Waals surface area contributed by atoms with Crippen molar-refractivity contribution in [2.75, 3.05) is 18.5 Å². The molecule has 1 N–H and O–H groups in total. The quantitative estimate of drug-likeness (QED) is 0.464. The van der Waals surface area contributed by atoms with E-state index in [4.69, 9.17) is 9.47 Å². The van der Waals surface area contributed by atoms with Crippen LogP contribution in [0, 0.1) is 0 Å². The van der Waals surface area contributed by atoms with Gasteiger partial charge in [-0.25, -0.2) is 0 Å². The molecule has 0 bridgehead atoms. The second-order valence-corrected chi connectivity index (χ2v) is 7.16. The van der Waals surface area contributed by atoms with Gasteiger partial charge < -0.3 is 14.8 Å². The van der Waals surface area contributed by atoms with Gasteiger partial charge in [-0.1, -0.05) is 12.1 Å². The van der Waals surface area contributed by atoms with Crippen LogP contribution in [-0.2, 0) is 9.53 Å². The third-order valence-corrected chi connectivity index (χ3v) is 5.03. The maximum absolute atomic E-state index is 12.8. The zero-order valence-electron chi connectivity index (χ0n) is 16.3. The van der Waals surface area contributed by atoms with Gasteiger partial charge in [0.2, 0.25) is 0 Å². The van der Waals surface area contributed by atoms with Crippen molar-refractivity contribution >= 4 is 29.4 Å². The zero-order valence-corrected chi connectivity index (χ0v) is 16.3. The number of carbonyl (C=O) groups is 4. The number of imide groups is 1. The number of rotatable bonds is 5. The van der Waals surface area contributed by atoms with Crippen molar-refractivity contribution in [3.63, 3.8) is 0 Å². The normalized spacial score (nSPS) is 17.8. The van der Waals surface area contributed by atoms with Gasteiger partial charge in [-0.05, 0) is 43.2 Å². The first-order chi connectivity index (χ1) is 14.4. The highest BCUT2D eigenvalue weighted by Crippen LogP contribution is 2.28. The molecule has 2 aromatic rings. The summed E-state index contributed by atoms with van der Waals surface area (Å²) in [6, 6.07) is 10.9. The maximum Gasteiger partial charge on any atom is 0.308 e. The minimum Gasteiger partial charge on any atom is -0.424 e. The molecule has 2 heterocycles. The number of fused-ring (bicyclic) bond motifs is 1. The fraction of sp³-hybridized carbons (Fsp3) is 0.273. The first kappa shape index (κ1) is 19.8. The number of amides is 3. The average Bonchev–Trinajstić information content (AvgIpc) is 3.32. The standard InChI is InChI=1S/C22H20N2O6/c1-13(25)30-19-7-3-2-6-18(19)23-20(26)14-8-9-16-17(11-14)22(28)24(21(16)27)12-15-5-4-10-29-15/h2-3,6-9,11,15H,4-5,10,12H2,1H3,(H,23,26). The van der Waals surface area contributed by atoms with Crippen LogP contribution < -0.4 is 10.1 Å². The van der Waals surface area contributed by atoms with Crippen molar-refractivity contribution in [3.8, 4) is 5.75 Å². The van der Waals surface area contributed by atoms with Crippen molar-refractivity contribution in [1.82, 2.24) is 4.90 Å². The molecule has 8 nitrogen and oxygen atoms in total. The number of anilines is 1. The van der Waals surface area contributed by atoms with E-state index in [2.05, 4.69) is 5.32 Å². The van der Waals surface area contributed by atoms with Crippen LogP contribution in [0.25, 0.3) is 0 Å². The summed E-state index contributed by atoms with van der Waals surface area (Å²) in [6.07, 6.45) is 1.57. The highest BCUT2D eigenvalue weighted by Gasteiger charge is 2.38. The highest BCUT2D eigenvalue weighted by atomic mass is 16.5. The number of hydrogen-bond donors (Lipinski definition) is 1. The molecule has 30 heavy (non-hydrogen) atoms. The van der Waals surface area contributed by atoms with Crippen molar-refractivity contribution in [1.29, 1.82) is 0 Å². The van der Waals surface area contributed by atoms with Crippen LogP contribution in [0.15, 0.2) is 42.5 Å². The number of carbonyl (C=O) groups excluding carboxylic acids is 4. The summed E-state index contributed by atoms with van der Waals surface area (Å²) in [4.78, 5) is 50.5. The number of nitrogens with zero attached hydrogens (tertiary/aromatic N) is 1. The van der Waals surface area contributed by atoms with Gasteiger partial charge in [-0.2, -0.15) is 0 Å². The van der Waals surface area contributed by atoms with Gasteiger partial charge in [0.1, 0.15) is 0 Å². The van der Waals surface area contributed by atoms with E-state index in [-0.39, 0.29) is 41.0 Å². The van der Waals surface area contributed by atoms with E-state index in [9.17, 15) is 19.2 Å². The lowest BCUT2D eigenvalue weighted by molar-refractivity contribution is -0.131. The van der Waals surface area contributed by atoms with Gasteiger partial charge in [0, 0.05) is 19.1 Å². The predicted molar refractivity (Wildman–Crippen MR) is 106 cm³/mol. The minimum absolute atomic E-state index is 0.146. The molecule has 0 aromatic heterocycles. The van der Waals surface area contributed by atoms with E-state index in [1.807, 2.05) is 0 Å². The van der Waals surface area contributed by atoms with Crippen molar-refractivity contribution in [2.24, 2.45) is 0 Å². The third kappa shape index (κ3) is 3.81. The summed E-state index contributed by atoms with van der Waals surface area (Å²) in [7, 11) is 0. The Morgan fingerprint density at radius 3 is 2.63 bits per heavy atom. The number of hydrogen-bond acceptors (Lipinski definition) is 6. The SMILES string of the molecule is CC(=O)Oc1ccccc1NC(=O)c1ccc2c(c1)C(=O)N(CC1CCCO1)C2=O. The van der Waals surface area contributed by atoms with E-state index >= 15 is 0 Å². The van der Waals surface area contributed by atoms with Crippen LogP contribution in [-0.4, -0.2) is 47.8 Å². The predicted octanol–water partition coefficient (Wildman–Crippen LogP) is 2.64. The van der Waals surface area contributed by atoms with E-state index in [1.165, 1.54) is 30.0 Å². The summed E-state index contributed by atoms with van der Waals surface area (Å²) in [5.74, 6) is -1.59. The largest absolute Gasteiger partial charge is 0.424 e. The van der Waals surface area contributed by atoms with Crippen LogP contribution in [0.3, 0.4) is 0 Å². The summed E-state index contributed by atoms with van der Waals surface area (Å²) in [6.45, 7) is 2.11. The van der Waals surface area contributed by atoms with Gasteiger partial charge in [0.25, 0.3) is 17.7 Å². The monoisotopic (exact) mass is 408 g/mol. The molecule has 1 unspecified atom stereocenters. The maximum atomic E-state index is 12.8. The Balaban J connectivity index is 1.54. The van der Waals surface area contributed by atoms with E-state index in [1.54, 1.807) is 24.3 Å². The molecule has 4 rings (SSSR count). The van der Waals surface area contributed by atoms with Crippen LogP contribution in [0.1, 0.15) is 50.8 Å². The van der Waals surface area contributed by atoms with Gasteiger partial charge in [0.05, 0.1) is 29.5 Å². The van der Waals surface area contributed by atoms with Crippen molar-refractivity contribution < 1.29 is 28.7 Å². The first-order valence-corrected chi connectivity index (χ1v) is 9.64. The van der Waals surface area contributed by atoms with E-state index < -0.39 is 17.8 Å². The van der Waals surface area contributed by atoms with Crippen LogP contribution >= 0.6 is 0 Å². The molecule has 0 radical (unpaired) electrons. The zero-order chi connectivity index (χ0) is 21.3. The lowest BCUT2D eigenvalue weighted by Crippen LogP contribution is -2.36. The Bertz CT molecular complexity index is 1040. The second kappa shape index (κ2) is 8.08. The van der Waals surface area contributed by atoms with Crippen LogP contribution in [0.5, 0.6) is 5.75 Å². The lowest BCUT2D eigenvalue weighted by atomic mass is 10.1. The fourth-order valence-corrected chi connectivity index (χ4v) is 3.60. The second-order valence-electron chi connectivity index (χ2n) is 7.16. The molecular formula is C22H20N2O6. The van der Waals surface area contributed by atoms with Gasteiger partial charge in [-0.15, -0.1) is 0 Å². The highest BCUT2D eigenvalue weighted by molar-refractivity contribution is 6.22. The van der Waals surface area contributed by atoms with E-state index in [0.29, 0.717) is 12.3 Å². The Labute approximate surface area is 172 Å². The molecule has 0 spiro atoms. The van der Waals surface area contributed by atoms with Crippen molar-refractivity contribution in [3.05, 3.63) is 59.2 Å². The van der Waals surface area contributed by atoms with Gasteiger partial charge in [-0.3, -0.25) is 24.1 Å². The molecule has 154 valence electrons. The number of nitrogens with one attached hydrogen (secondary N) is 1. The first-order valence-electron chi connectivity index (χ1n) is 9.64. The van der Waals surface area contributed by atoms with Gasteiger partial charge in [0.15, 0.2) is 5.75 Å². The molecule has 2 aliphatic rings. The molecule has 3 amide bonds. The van der Waals surface area contributed by atoms with Crippen LogP contribution in [0.2, 0.25) is 0 Å². The minimum atomic E-state index is -0.510. The smallest absolute Gasteiger partial charge is 0.308 e. The molecule has 8 heteroatoms. The summed E-state index contributed by atoms with van der Waals surface area (Å²) in [5, 5.41) is 2.67. The van der Waals surface area contributed by atoms with E-state index in [0.717, 1.165) is 12.8 Å². The average molecular weight is 408 g/mol. The molecule has 1 atom stereocenters. The Morgan fingerprint density at radius 2 is 1.90 bits per heavy atom. The van der Waals surface area contributed by atoms with Crippen LogP contribution in [0.4, 0.5) is 5.69 Å². The lowest BCUT2D eigenvalue weighted by Gasteiger charge is -2.17. The fourth-order valence-electron chi connectivity index (χ4n) is 3.60.